The van der Waals surface area contributed by atoms with Crippen molar-refractivity contribution >= 4 is 6.09 Å². The van der Waals surface area contributed by atoms with Crippen LogP contribution in [0.25, 0.3) is 0 Å². The summed E-state index contributed by atoms with van der Waals surface area (Å²) in [5.41, 5.74) is 1.41. The lowest BCUT2D eigenvalue weighted by molar-refractivity contribution is 0.0405. The third-order valence-corrected chi connectivity index (χ3v) is 5.22. The minimum Gasteiger partial charge on any atom is -0.449 e. The molecule has 1 aromatic rings. The second-order valence-corrected chi connectivity index (χ2v) is 9.09. The van der Waals surface area contributed by atoms with Crippen molar-refractivity contribution in [2.45, 2.75) is 53.5 Å². The Labute approximate surface area is 150 Å². The van der Waals surface area contributed by atoms with Crippen molar-refractivity contribution in [1.82, 2.24) is 19.8 Å². The molecule has 0 aliphatic carbocycles. The van der Waals surface area contributed by atoms with Crippen molar-refractivity contribution < 1.29 is 9.53 Å². The normalized spacial score (nSPS) is 24.9. The van der Waals surface area contributed by atoms with Gasteiger partial charge in [-0.2, -0.15) is 0 Å². The largest absolute Gasteiger partial charge is 0.449 e. The molecule has 2 saturated heterocycles. The zero-order valence-corrected chi connectivity index (χ0v) is 16.1. The van der Waals surface area contributed by atoms with E-state index in [9.17, 15) is 4.79 Å². The summed E-state index contributed by atoms with van der Waals surface area (Å²) < 4.78 is 5.53. The van der Waals surface area contributed by atoms with Crippen LogP contribution >= 0.6 is 0 Å². The molecule has 3 heterocycles. The Hall–Kier alpha value is -1.56. The van der Waals surface area contributed by atoms with E-state index in [1.54, 1.807) is 0 Å². The minimum absolute atomic E-state index is 0.00942. The number of H-pyrrole nitrogens is 1. The Morgan fingerprint density at radius 2 is 2.12 bits per heavy atom. The quantitative estimate of drug-likeness (QED) is 0.911. The smallest absolute Gasteiger partial charge is 0.409 e. The topological polar surface area (TPSA) is 61.5 Å². The first-order chi connectivity index (χ1) is 11.7. The van der Waals surface area contributed by atoms with E-state index in [1.807, 2.05) is 18.0 Å². The van der Waals surface area contributed by atoms with Gasteiger partial charge in [0.1, 0.15) is 5.82 Å². The van der Waals surface area contributed by atoms with Gasteiger partial charge in [0.2, 0.25) is 0 Å². The number of hydrogen-bond acceptors (Lipinski definition) is 4. The van der Waals surface area contributed by atoms with E-state index in [2.05, 4.69) is 35.6 Å². The molecule has 0 bridgehead atoms. The number of rotatable bonds is 3. The Morgan fingerprint density at radius 3 is 2.80 bits per heavy atom. The third-order valence-electron chi connectivity index (χ3n) is 5.22. The first-order valence-corrected chi connectivity index (χ1v) is 9.39. The average Bonchev–Trinajstić information content (AvgIpc) is 3.11. The molecule has 0 radical (unpaired) electrons. The molecule has 2 fully saturated rings. The van der Waals surface area contributed by atoms with E-state index in [0.29, 0.717) is 6.61 Å². The molecular weight excluding hydrogens is 316 g/mol. The number of piperidine rings is 1. The fraction of sp³-hybridized carbons (Fsp3) is 0.789. The first kappa shape index (κ1) is 18.2. The van der Waals surface area contributed by atoms with Gasteiger partial charge in [0.05, 0.1) is 6.61 Å². The van der Waals surface area contributed by atoms with Crippen molar-refractivity contribution in [2.24, 2.45) is 10.8 Å². The highest BCUT2D eigenvalue weighted by atomic mass is 16.6. The van der Waals surface area contributed by atoms with Crippen molar-refractivity contribution in [3.05, 3.63) is 17.7 Å². The SMILES string of the molecule is Cc1ncc(CN2CCC3(CCCN(C(=O)OCC(C)(C)C)C3)C2)[nH]1. The molecule has 1 N–H and O–H groups in total. The number of hydrogen-bond donors (Lipinski definition) is 1. The summed E-state index contributed by atoms with van der Waals surface area (Å²) in [6.07, 6.45) is 5.22. The van der Waals surface area contributed by atoms with Gasteiger partial charge in [-0.25, -0.2) is 9.78 Å². The van der Waals surface area contributed by atoms with E-state index in [4.69, 9.17) is 4.74 Å². The van der Waals surface area contributed by atoms with Crippen LogP contribution in [0.15, 0.2) is 6.20 Å². The third kappa shape index (κ3) is 4.75. The monoisotopic (exact) mass is 348 g/mol. The van der Waals surface area contributed by atoms with Crippen molar-refractivity contribution in [3.8, 4) is 0 Å². The van der Waals surface area contributed by atoms with Gasteiger partial charge in [-0.3, -0.25) is 4.90 Å². The number of carbonyl (C=O) groups excluding carboxylic acids is 1. The van der Waals surface area contributed by atoms with Crippen LogP contribution in [0.1, 0.15) is 51.6 Å². The first-order valence-electron chi connectivity index (χ1n) is 9.39. The summed E-state index contributed by atoms with van der Waals surface area (Å²) in [6, 6.07) is 0. The van der Waals surface area contributed by atoms with Crippen molar-refractivity contribution in [2.75, 3.05) is 32.8 Å². The molecule has 6 nitrogen and oxygen atoms in total. The summed E-state index contributed by atoms with van der Waals surface area (Å²) in [6.45, 7) is 13.4. The van der Waals surface area contributed by atoms with Crippen LogP contribution in [0.2, 0.25) is 0 Å². The van der Waals surface area contributed by atoms with Gasteiger partial charge in [0, 0.05) is 43.5 Å². The number of ether oxygens (including phenoxy) is 1. The summed E-state index contributed by atoms with van der Waals surface area (Å²) in [5, 5.41) is 0. The van der Waals surface area contributed by atoms with Crippen LogP contribution < -0.4 is 0 Å². The maximum Gasteiger partial charge on any atom is 0.409 e. The number of amides is 1. The summed E-state index contributed by atoms with van der Waals surface area (Å²) in [4.78, 5) is 24.5. The molecular formula is C19H32N4O2. The molecule has 140 valence electrons. The zero-order chi connectivity index (χ0) is 18.1. The molecule has 1 atom stereocenters. The Morgan fingerprint density at radius 1 is 1.32 bits per heavy atom. The summed E-state index contributed by atoms with van der Waals surface area (Å²) in [7, 11) is 0. The summed E-state index contributed by atoms with van der Waals surface area (Å²) in [5.74, 6) is 0.967. The van der Waals surface area contributed by atoms with Gasteiger partial charge in [-0.15, -0.1) is 0 Å². The second kappa shape index (κ2) is 6.98. The molecule has 0 saturated carbocycles. The van der Waals surface area contributed by atoms with E-state index in [0.717, 1.165) is 51.4 Å². The maximum atomic E-state index is 12.4. The molecule has 1 amide bonds. The Kier molecular flexibility index (Phi) is 5.09. The lowest BCUT2D eigenvalue weighted by Crippen LogP contribution is -2.47. The van der Waals surface area contributed by atoms with Crippen LogP contribution in [-0.4, -0.2) is 58.6 Å². The van der Waals surface area contributed by atoms with E-state index in [-0.39, 0.29) is 16.9 Å². The molecule has 1 aromatic heterocycles. The molecule has 1 unspecified atom stereocenters. The van der Waals surface area contributed by atoms with Gasteiger partial charge in [-0.1, -0.05) is 20.8 Å². The van der Waals surface area contributed by atoms with Crippen LogP contribution in [0.4, 0.5) is 4.79 Å². The number of imidazole rings is 1. The minimum atomic E-state index is -0.142. The molecule has 25 heavy (non-hydrogen) atoms. The van der Waals surface area contributed by atoms with E-state index < -0.39 is 0 Å². The number of likely N-dealkylation sites (tertiary alicyclic amines) is 2. The van der Waals surface area contributed by atoms with Crippen molar-refractivity contribution in [3.63, 3.8) is 0 Å². The number of nitrogens with zero attached hydrogens (tertiary/aromatic N) is 3. The van der Waals surface area contributed by atoms with Crippen LogP contribution in [0.3, 0.4) is 0 Å². The number of carbonyl (C=O) groups is 1. The number of aryl methyl sites for hydroxylation is 1. The number of aromatic amines is 1. The molecule has 1 spiro atoms. The highest BCUT2D eigenvalue weighted by Gasteiger charge is 2.42. The molecule has 3 rings (SSSR count). The highest BCUT2D eigenvalue weighted by Crippen LogP contribution is 2.39. The van der Waals surface area contributed by atoms with Gasteiger partial charge in [0.25, 0.3) is 0 Å². The fourth-order valence-corrected chi connectivity index (χ4v) is 4.02. The Bertz CT molecular complexity index is 607. The van der Waals surface area contributed by atoms with Crippen molar-refractivity contribution in [1.29, 1.82) is 0 Å². The van der Waals surface area contributed by atoms with Gasteiger partial charge < -0.3 is 14.6 Å². The standard InChI is InChI=1S/C19H32N4O2/c1-15-20-10-16(21-15)11-22-9-7-19(12-22)6-5-8-23(13-19)17(24)25-14-18(2,3)4/h10H,5-9,11-14H2,1-4H3,(H,20,21). The lowest BCUT2D eigenvalue weighted by Gasteiger charge is -2.40. The van der Waals surface area contributed by atoms with Crippen LogP contribution in [0.5, 0.6) is 0 Å². The summed E-state index contributed by atoms with van der Waals surface area (Å²) >= 11 is 0. The lowest BCUT2D eigenvalue weighted by atomic mass is 9.79. The number of aromatic nitrogens is 2. The Balaban J connectivity index is 1.54. The molecule has 2 aliphatic rings. The molecule has 2 aliphatic heterocycles. The van der Waals surface area contributed by atoms with Crippen LogP contribution in [-0.2, 0) is 11.3 Å². The highest BCUT2D eigenvalue weighted by molar-refractivity contribution is 5.67. The van der Waals surface area contributed by atoms with Gasteiger partial charge in [0.15, 0.2) is 0 Å². The fourth-order valence-electron chi connectivity index (χ4n) is 4.02. The predicted molar refractivity (Wildman–Crippen MR) is 97.3 cm³/mol. The molecule has 0 aromatic carbocycles. The van der Waals surface area contributed by atoms with E-state index >= 15 is 0 Å². The molecule has 6 heteroatoms. The van der Waals surface area contributed by atoms with Gasteiger partial charge in [-0.05, 0) is 38.1 Å². The predicted octanol–water partition coefficient (Wildman–Crippen LogP) is 3.19. The average molecular weight is 348 g/mol. The maximum absolute atomic E-state index is 12.4. The van der Waals surface area contributed by atoms with Crippen LogP contribution in [0, 0.1) is 17.8 Å². The zero-order valence-electron chi connectivity index (χ0n) is 16.1. The second-order valence-electron chi connectivity index (χ2n) is 9.09. The number of nitrogens with one attached hydrogen (secondary N) is 1. The van der Waals surface area contributed by atoms with Gasteiger partial charge >= 0.3 is 6.09 Å². The van der Waals surface area contributed by atoms with E-state index in [1.165, 1.54) is 12.1 Å².